The number of hydrogen-bond donors (Lipinski definition) is 3. The van der Waals surface area contributed by atoms with Gasteiger partial charge in [0.1, 0.15) is 5.52 Å². The topological polar surface area (TPSA) is 211 Å². The van der Waals surface area contributed by atoms with Crippen LogP contribution < -0.4 is 16.4 Å². The van der Waals surface area contributed by atoms with E-state index in [1.165, 1.54) is 38.2 Å². The third-order valence-electron chi connectivity index (χ3n) is 12.6. The Morgan fingerprint density at radius 3 is 2.27 bits per heavy atom. The smallest absolute Gasteiger partial charge is 0.301 e. The molecule has 0 spiro atoms. The van der Waals surface area contributed by atoms with Crippen molar-refractivity contribution in [2.45, 2.75) is 50.8 Å². The van der Waals surface area contributed by atoms with E-state index in [1.807, 2.05) is 109 Å². The molecule has 70 heavy (non-hydrogen) atoms. The molecule has 1 atom stereocenters. The summed E-state index contributed by atoms with van der Waals surface area (Å²) in [6, 6.07) is 34.1. The first-order valence-electron chi connectivity index (χ1n) is 22.6. The van der Waals surface area contributed by atoms with E-state index in [-0.39, 0.29) is 47.6 Å². The van der Waals surface area contributed by atoms with Crippen LogP contribution in [0.25, 0.3) is 49.9 Å². The zero-order chi connectivity index (χ0) is 48.4. The first-order valence-corrected chi connectivity index (χ1v) is 24.4. The molecular formula is C51H46N12O5S2. The average molecular weight is 971 g/mol. The maximum atomic E-state index is 13.8. The fraction of sp³-hybridized carbons (Fsp3) is 0.216. The fourth-order valence-electron chi connectivity index (χ4n) is 8.65. The molecule has 1 saturated heterocycles. The Balaban J connectivity index is 0.757. The highest BCUT2D eigenvalue weighted by atomic mass is 32.1. The van der Waals surface area contributed by atoms with Crippen molar-refractivity contribution >= 4 is 56.3 Å². The van der Waals surface area contributed by atoms with Gasteiger partial charge in [-0.25, -0.2) is 15.0 Å². The van der Waals surface area contributed by atoms with Crippen LogP contribution in [0.5, 0.6) is 0 Å². The van der Waals surface area contributed by atoms with Gasteiger partial charge >= 0.3 is 5.56 Å². The number of H-pyrrole nitrogens is 1. The molecular weight excluding hydrogens is 925 g/mol. The Bertz CT molecular complexity index is 3460. The molecule has 5 aromatic heterocycles. The molecule has 0 aliphatic carbocycles. The van der Waals surface area contributed by atoms with E-state index in [2.05, 4.69) is 35.7 Å². The highest BCUT2D eigenvalue weighted by Crippen LogP contribution is 2.32. The van der Waals surface area contributed by atoms with Crippen LogP contribution in [0.1, 0.15) is 53.6 Å². The van der Waals surface area contributed by atoms with Crippen molar-refractivity contribution in [2.75, 3.05) is 13.1 Å². The molecule has 4 aromatic carbocycles. The number of nitrogens with zero attached hydrogens (tertiary/aromatic N) is 10. The summed E-state index contributed by atoms with van der Waals surface area (Å²) in [6.45, 7) is 3.17. The number of aryl methyl sites for hydroxylation is 1. The molecule has 6 heterocycles. The molecule has 19 heteroatoms. The van der Waals surface area contributed by atoms with Crippen LogP contribution in [-0.4, -0.2) is 79.6 Å². The number of amides is 2. The van der Waals surface area contributed by atoms with Gasteiger partial charge < -0.3 is 15.3 Å². The number of benzene rings is 4. The molecule has 352 valence electrons. The van der Waals surface area contributed by atoms with Gasteiger partial charge in [-0.05, 0) is 42.0 Å². The van der Waals surface area contributed by atoms with Crippen molar-refractivity contribution in [3.8, 4) is 38.9 Å². The molecule has 0 radical (unpaired) electrons. The predicted molar refractivity (Wildman–Crippen MR) is 269 cm³/mol. The second kappa shape index (κ2) is 19.5. The van der Waals surface area contributed by atoms with E-state index in [9.17, 15) is 24.3 Å². The number of fused-ring (bicyclic) bond motifs is 1. The molecule has 1 unspecified atom stereocenters. The summed E-state index contributed by atoms with van der Waals surface area (Å²) in [5.41, 5.74) is 5.40. The largest absolute Gasteiger partial charge is 0.388 e. The van der Waals surface area contributed by atoms with Crippen molar-refractivity contribution in [2.24, 2.45) is 17.3 Å². The van der Waals surface area contributed by atoms with Crippen molar-refractivity contribution in [1.82, 2.24) is 49.3 Å². The van der Waals surface area contributed by atoms with E-state index in [1.54, 1.807) is 40.3 Å². The monoisotopic (exact) mass is 970 g/mol. The van der Waals surface area contributed by atoms with Crippen LogP contribution in [0.4, 0.5) is 10.8 Å². The fourth-order valence-corrected chi connectivity index (χ4v) is 9.89. The molecule has 1 aliphatic rings. The number of hydrogen-bond acceptors (Lipinski definition) is 13. The Morgan fingerprint density at radius 2 is 1.56 bits per heavy atom. The number of thiazole rings is 2. The van der Waals surface area contributed by atoms with Gasteiger partial charge in [0.15, 0.2) is 11.2 Å². The third-order valence-corrected chi connectivity index (χ3v) is 14.0. The van der Waals surface area contributed by atoms with Gasteiger partial charge in [-0.15, -0.1) is 32.9 Å². The van der Waals surface area contributed by atoms with Crippen LogP contribution >= 0.6 is 22.7 Å². The Kier molecular flexibility index (Phi) is 12.8. The van der Waals surface area contributed by atoms with Crippen LogP contribution in [0.15, 0.2) is 152 Å². The Labute approximate surface area is 408 Å². The minimum Gasteiger partial charge on any atom is -0.388 e. The summed E-state index contributed by atoms with van der Waals surface area (Å²) in [4.78, 5) is 69.2. The molecule has 1 aliphatic heterocycles. The highest BCUT2D eigenvalue weighted by Gasteiger charge is 2.35. The lowest BCUT2D eigenvalue weighted by Crippen LogP contribution is -2.49. The molecule has 1 fully saturated rings. The van der Waals surface area contributed by atoms with E-state index in [4.69, 9.17) is 4.98 Å². The second-order valence-corrected chi connectivity index (χ2v) is 19.0. The number of piperidine rings is 1. The second-order valence-electron chi connectivity index (χ2n) is 17.3. The standard InChI is InChI=1S/C51H46N12O5S2/c1-32(34-9-5-3-6-10-34)27-40(64)61-24-21-51(68,22-25-61)30-62-31-54-42-44(47(62)66)58-60(2)45(42)37-15-13-33(14-16-37)28-53-46(65)38-19-17-35(18-20-38)39-29-70-50(55-39)63-48(67)43(56-57-49-52-23-26-69-49)41(59-63)36-11-7-4-8-12-36/h3-20,23,26,29,31-32,59,68H,21-22,24-25,27-28,30H2,1-2H3,(H,53,65). The van der Waals surface area contributed by atoms with E-state index in [0.29, 0.717) is 70.8 Å². The summed E-state index contributed by atoms with van der Waals surface area (Å²) < 4.78 is 4.39. The highest BCUT2D eigenvalue weighted by molar-refractivity contribution is 7.13. The van der Waals surface area contributed by atoms with Gasteiger partial charge in [0.05, 0.1) is 35.6 Å². The maximum absolute atomic E-state index is 13.8. The quantitative estimate of drug-likeness (QED) is 0.0892. The SMILES string of the molecule is CC(CC(=O)N1CCC(O)(Cn2cnc3c(-c4ccc(CNC(=O)c5ccc(-c6csc(-n7[nH]c(-c8ccccc8)c(N=Nc8nccs8)c7=O)n6)cc5)cc4)n(C)nc3c2=O)CC1)c1ccccc1. The van der Waals surface area contributed by atoms with Gasteiger partial charge in [0.2, 0.25) is 16.2 Å². The van der Waals surface area contributed by atoms with Gasteiger partial charge in [-0.1, -0.05) is 104 Å². The van der Waals surface area contributed by atoms with Crippen LogP contribution in [0, 0.1) is 0 Å². The van der Waals surface area contributed by atoms with Gasteiger partial charge in [-0.2, -0.15) is 9.78 Å². The zero-order valence-electron chi connectivity index (χ0n) is 38.1. The van der Waals surface area contributed by atoms with Crippen LogP contribution in [0.2, 0.25) is 0 Å². The van der Waals surface area contributed by atoms with E-state index >= 15 is 0 Å². The first kappa shape index (κ1) is 45.8. The van der Waals surface area contributed by atoms with Crippen molar-refractivity contribution in [1.29, 1.82) is 0 Å². The van der Waals surface area contributed by atoms with Crippen molar-refractivity contribution < 1.29 is 14.7 Å². The number of aromatic nitrogens is 8. The maximum Gasteiger partial charge on any atom is 0.301 e. The van der Waals surface area contributed by atoms with Crippen LogP contribution in [-0.2, 0) is 24.9 Å². The molecule has 2 amide bonds. The number of carbonyl (C=O) groups is 2. The zero-order valence-corrected chi connectivity index (χ0v) is 39.7. The van der Waals surface area contributed by atoms with E-state index in [0.717, 1.165) is 27.8 Å². The van der Waals surface area contributed by atoms with Gasteiger partial charge in [-0.3, -0.25) is 33.5 Å². The van der Waals surface area contributed by atoms with Gasteiger partial charge in [0.25, 0.3) is 11.5 Å². The number of aromatic amines is 1. The number of azo groups is 1. The molecule has 9 aromatic rings. The number of nitrogens with one attached hydrogen (secondary N) is 2. The predicted octanol–water partition coefficient (Wildman–Crippen LogP) is 8.42. The lowest BCUT2D eigenvalue weighted by molar-refractivity contribution is -0.136. The Morgan fingerprint density at radius 1 is 0.843 bits per heavy atom. The normalized spacial score (nSPS) is 14.1. The summed E-state index contributed by atoms with van der Waals surface area (Å²) in [6.07, 6.45) is 4.16. The molecule has 17 nitrogen and oxygen atoms in total. The molecule has 0 bridgehead atoms. The molecule has 3 N–H and O–H groups in total. The number of carbonyl (C=O) groups excluding carboxylic acids is 2. The first-order chi connectivity index (χ1) is 34.0. The molecule has 0 saturated carbocycles. The minimum absolute atomic E-state index is 0.0421. The summed E-state index contributed by atoms with van der Waals surface area (Å²) in [5.74, 6) is -0.112. The lowest BCUT2D eigenvalue weighted by Gasteiger charge is -2.38. The third kappa shape index (κ3) is 9.54. The van der Waals surface area contributed by atoms with Crippen LogP contribution in [0.3, 0.4) is 0 Å². The van der Waals surface area contributed by atoms with Gasteiger partial charge in [0, 0.05) is 72.3 Å². The molecule has 10 rings (SSSR count). The summed E-state index contributed by atoms with van der Waals surface area (Å²) >= 11 is 2.60. The van der Waals surface area contributed by atoms with Crippen molar-refractivity contribution in [3.63, 3.8) is 0 Å². The number of aliphatic hydroxyl groups is 1. The lowest BCUT2D eigenvalue weighted by atomic mass is 9.90. The van der Waals surface area contributed by atoms with E-state index < -0.39 is 11.2 Å². The minimum atomic E-state index is -1.18. The van der Waals surface area contributed by atoms with Crippen molar-refractivity contribution in [3.05, 3.63) is 170 Å². The average Bonchev–Trinajstić information content (AvgIpc) is 4.22. The Hall–Kier alpha value is -8.00. The number of rotatable bonds is 14. The number of likely N-dealkylation sites (tertiary alicyclic amines) is 1. The summed E-state index contributed by atoms with van der Waals surface area (Å²) in [7, 11) is 1.76. The summed E-state index contributed by atoms with van der Waals surface area (Å²) in [5, 5.41) is 35.2.